The molecule has 1 heterocycles. The van der Waals surface area contributed by atoms with E-state index >= 15 is 0 Å². The van der Waals surface area contributed by atoms with E-state index < -0.39 is 28.4 Å². The molecule has 5 rings (SSSR count). The molecule has 2 atom stereocenters. The van der Waals surface area contributed by atoms with Crippen LogP contribution < -0.4 is 13.7 Å². The van der Waals surface area contributed by atoms with Gasteiger partial charge in [-0.2, -0.15) is 8.42 Å². The summed E-state index contributed by atoms with van der Waals surface area (Å²) in [7, 11) is -4.83. The van der Waals surface area contributed by atoms with Crippen LogP contribution in [0.1, 0.15) is 23.7 Å². The van der Waals surface area contributed by atoms with E-state index in [1.54, 1.807) is 18.2 Å². The van der Waals surface area contributed by atoms with Crippen LogP contribution in [-0.4, -0.2) is 29.3 Å². The third-order valence-corrected chi connectivity index (χ3v) is 5.60. The second-order valence-electron chi connectivity index (χ2n) is 6.98. The van der Waals surface area contributed by atoms with Gasteiger partial charge in [-0.25, -0.2) is 0 Å². The molecule has 0 saturated heterocycles. The largest absolute Gasteiger partial charge is 0.446 e. The van der Waals surface area contributed by atoms with Gasteiger partial charge in [0.05, 0.1) is 11.5 Å². The summed E-state index contributed by atoms with van der Waals surface area (Å²) >= 11 is 0. The highest BCUT2D eigenvalue weighted by Crippen LogP contribution is 2.52. The van der Waals surface area contributed by atoms with Gasteiger partial charge in [-0.3, -0.25) is 4.55 Å². The molecule has 3 N–H and O–H groups in total. The van der Waals surface area contributed by atoms with Crippen LogP contribution in [0, 0.1) is 0 Å². The van der Waals surface area contributed by atoms with E-state index in [0.29, 0.717) is 11.5 Å². The fourth-order valence-electron chi connectivity index (χ4n) is 4.08. The Bertz CT molecular complexity index is 1200. The maximum Gasteiger partial charge on any atom is 0.446 e. The highest BCUT2D eigenvalue weighted by molar-refractivity contribution is 7.81. The zero-order chi connectivity index (χ0) is 20.4. The zero-order valence-electron chi connectivity index (χ0n) is 14.8. The van der Waals surface area contributed by atoms with Crippen LogP contribution in [0.5, 0.6) is 17.2 Å². The summed E-state index contributed by atoms with van der Waals surface area (Å²) < 4.78 is 48.6. The van der Waals surface area contributed by atoms with Crippen LogP contribution >= 0.6 is 0 Å². The van der Waals surface area contributed by atoms with Crippen molar-refractivity contribution in [3.8, 4) is 17.2 Å². The van der Waals surface area contributed by atoms with Crippen molar-refractivity contribution in [2.45, 2.75) is 24.4 Å². The second-order valence-corrected chi connectivity index (χ2v) is 8.00. The van der Waals surface area contributed by atoms with Gasteiger partial charge in [0, 0.05) is 17.5 Å². The van der Waals surface area contributed by atoms with E-state index in [2.05, 4.69) is 4.18 Å². The molecule has 9 heteroatoms. The Kier molecular flexibility index (Phi) is 3.81. The van der Waals surface area contributed by atoms with Crippen LogP contribution in [0.3, 0.4) is 0 Å². The third kappa shape index (κ3) is 2.74. The van der Waals surface area contributed by atoms with Crippen molar-refractivity contribution in [3.05, 3.63) is 65.7 Å². The Morgan fingerprint density at radius 2 is 1.59 bits per heavy atom. The van der Waals surface area contributed by atoms with Crippen molar-refractivity contribution in [2.24, 2.45) is 0 Å². The Labute approximate surface area is 165 Å². The van der Waals surface area contributed by atoms with Gasteiger partial charge in [0.2, 0.25) is 0 Å². The second kappa shape index (κ2) is 6.07. The minimum absolute atomic E-state index is 0.0574. The highest BCUT2D eigenvalue weighted by atomic mass is 32.3. The predicted octanol–water partition coefficient (Wildman–Crippen LogP) is 2.44. The zero-order valence-corrected chi connectivity index (χ0v) is 15.7. The Morgan fingerprint density at radius 3 is 2.21 bits per heavy atom. The number of aliphatic hydroxyl groups excluding tert-OH is 2. The SMILES string of the molecule is O=S(=O)(O)Oc1cccc2c1[C@H](O)C[C@@H](O)C21Oc2cccc3cccc(c23)O1. The summed E-state index contributed by atoms with van der Waals surface area (Å²) in [6.45, 7) is 0. The lowest BCUT2D eigenvalue weighted by Gasteiger charge is -2.46. The normalized spacial score (nSPS) is 21.9. The van der Waals surface area contributed by atoms with E-state index in [1.165, 1.54) is 12.1 Å². The molecule has 0 amide bonds. The van der Waals surface area contributed by atoms with Crippen molar-refractivity contribution in [2.75, 3.05) is 0 Å². The van der Waals surface area contributed by atoms with E-state index in [-0.39, 0.29) is 23.3 Å². The summed E-state index contributed by atoms with van der Waals surface area (Å²) in [6.07, 6.45) is -2.73. The predicted molar refractivity (Wildman–Crippen MR) is 101 cm³/mol. The Balaban J connectivity index is 1.73. The smallest absolute Gasteiger partial charge is 0.445 e. The average molecular weight is 416 g/mol. The lowest BCUT2D eigenvalue weighted by Crippen LogP contribution is -2.54. The first-order valence-corrected chi connectivity index (χ1v) is 10.2. The number of ether oxygens (including phenoxy) is 2. The van der Waals surface area contributed by atoms with Gasteiger partial charge in [-0.05, 0) is 23.6 Å². The Hall–Kier alpha value is -2.85. The monoisotopic (exact) mass is 416 g/mol. The molecule has 0 radical (unpaired) electrons. The van der Waals surface area contributed by atoms with E-state index in [0.717, 1.165) is 10.8 Å². The molecule has 0 saturated carbocycles. The summed E-state index contributed by atoms with van der Waals surface area (Å²) in [5, 5.41) is 23.1. The van der Waals surface area contributed by atoms with E-state index in [4.69, 9.17) is 14.0 Å². The number of rotatable bonds is 2. The molecule has 29 heavy (non-hydrogen) atoms. The molecule has 1 aliphatic carbocycles. The van der Waals surface area contributed by atoms with E-state index in [1.807, 2.05) is 24.3 Å². The first-order chi connectivity index (χ1) is 13.8. The molecular formula is C20H16O8S. The van der Waals surface area contributed by atoms with Crippen molar-refractivity contribution in [3.63, 3.8) is 0 Å². The number of aliphatic hydroxyl groups is 2. The van der Waals surface area contributed by atoms with Crippen molar-refractivity contribution in [1.82, 2.24) is 0 Å². The molecule has 1 aliphatic heterocycles. The maximum atomic E-state index is 11.3. The van der Waals surface area contributed by atoms with Crippen molar-refractivity contribution < 1.29 is 36.8 Å². The number of benzene rings is 3. The lowest BCUT2D eigenvalue weighted by molar-refractivity contribution is -0.214. The molecule has 0 bridgehead atoms. The van der Waals surface area contributed by atoms with Gasteiger partial charge in [0.25, 0.3) is 0 Å². The first kappa shape index (κ1) is 18.2. The topological polar surface area (TPSA) is 123 Å². The molecule has 3 aromatic rings. The van der Waals surface area contributed by atoms with Crippen molar-refractivity contribution in [1.29, 1.82) is 0 Å². The molecule has 3 aromatic carbocycles. The van der Waals surface area contributed by atoms with Crippen LogP contribution in [0.15, 0.2) is 54.6 Å². The Morgan fingerprint density at radius 1 is 0.966 bits per heavy atom. The van der Waals surface area contributed by atoms with Gasteiger partial charge in [-0.1, -0.05) is 36.4 Å². The summed E-state index contributed by atoms with van der Waals surface area (Å²) in [5.74, 6) is -1.04. The highest BCUT2D eigenvalue weighted by Gasteiger charge is 2.54. The fraction of sp³-hybridized carbons (Fsp3) is 0.200. The summed E-state index contributed by atoms with van der Waals surface area (Å²) in [6, 6.07) is 15.2. The minimum atomic E-state index is -4.83. The van der Waals surface area contributed by atoms with E-state index in [9.17, 15) is 18.6 Å². The number of hydrogen-bond acceptors (Lipinski definition) is 7. The average Bonchev–Trinajstić information content (AvgIpc) is 2.65. The molecular weight excluding hydrogens is 400 g/mol. The van der Waals surface area contributed by atoms with Crippen LogP contribution in [-0.2, 0) is 16.2 Å². The van der Waals surface area contributed by atoms with Crippen LogP contribution in [0.2, 0.25) is 0 Å². The van der Waals surface area contributed by atoms with Gasteiger partial charge in [0.15, 0.2) is 5.75 Å². The fourth-order valence-corrected chi connectivity index (χ4v) is 4.45. The van der Waals surface area contributed by atoms with Gasteiger partial charge < -0.3 is 23.9 Å². The number of hydrogen-bond donors (Lipinski definition) is 3. The molecule has 150 valence electrons. The summed E-state index contributed by atoms with van der Waals surface area (Å²) in [5.41, 5.74) is 0.262. The summed E-state index contributed by atoms with van der Waals surface area (Å²) in [4.78, 5) is 0. The molecule has 8 nitrogen and oxygen atoms in total. The third-order valence-electron chi connectivity index (χ3n) is 5.21. The molecule has 0 aromatic heterocycles. The maximum absolute atomic E-state index is 11.3. The van der Waals surface area contributed by atoms with Gasteiger partial charge in [0.1, 0.15) is 17.6 Å². The minimum Gasteiger partial charge on any atom is -0.445 e. The van der Waals surface area contributed by atoms with Crippen LogP contribution in [0.25, 0.3) is 10.8 Å². The standard InChI is InChI=1S/C20H16O8S/c21-13-10-17(22)20(12-6-3-9-16(19(12)13)28-29(23,24)25)26-14-7-1-4-11-5-2-8-15(27-20)18(11)14/h1-9,13,17,21-22H,10H2,(H,23,24,25)/t13-,17-/m1/s1. The van der Waals surface area contributed by atoms with Gasteiger partial charge >= 0.3 is 16.2 Å². The molecule has 0 fully saturated rings. The molecule has 0 unspecified atom stereocenters. The van der Waals surface area contributed by atoms with Crippen LogP contribution in [0.4, 0.5) is 0 Å². The molecule has 2 aliphatic rings. The number of fused-ring (bicyclic) bond motifs is 2. The molecule has 1 spiro atoms. The first-order valence-electron chi connectivity index (χ1n) is 8.85. The quantitative estimate of drug-likeness (QED) is 0.545. The van der Waals surface area contributed by atoms with Crippen molar-refractivity contribution >= 4 is 21.2 Å². The lowest BCUT2D eigenvalue weighted by atomic mass is 9.81. The van der Waals surface area contributed by atoms with Gasteiger partial charge in [-0.15, -0.1) is 0 Å².